The molecule has 1 aliphatic carbocycles. The summed E-state index contributed by atoms with van der Waals surface area (Å²) < 4.78 is 5.25. The first-order valence-electron chi connectivity index (χ1n) is 9.30. The molecule has 1 aromatic heterocycles. The van der Waals surface area contributed by atoms with E-state index >= 15 is 0 Å². The first kappa shape index (κ1) is 16.2. The number of aromatic nitrogens is 2. The average molecular weight is 331 g/mol. The highest BCUT2D eigenvalue weighted by Gasteiger charge is 2.43. The van der Waals surface area contributed by atoms with Gasteiger partial charge in [0, 0.05) is 42.9 Å². The van der Waals surface area contributed by atoms with Gasteiger partial charge in [-0.15, -0.1) is 0 Å². The van der Waals surface area contributed by atoms with Crippen LogP contribution in [0.5, 0.6) is 0 Å². The van der Waals surface area contributed by atoms with Crippen LogP contribution < -0.4 is 11.1 Å². The third-order valence-corrected chi connectivity index (χ3v) is 6.07. The van der Waals surface area contributed by atoms with Crippen molar-refractivity contribution in [3.63, 3.8) is 0 Å². The van der Waals surface area contributed by atoms with Gasteiger partial charge in [0.15, 0.2) is 5.82 Å². The van der Waals surface area contributed by atoms with Crippen molar-refractivity contribution >= 4 is 5.82 Å². The molecule has 4 rings (SSSR count). The Morgan fingerprint density at radius 3 is 2.71 bits per heavy atom. The van der Waals surface area contributed by atoms with Crippen molar-refractivity contribution < 1.29 is 4.74 Å². The molecule has 0 unspecified atom stereocenters. The molecule has 1 saturated carbocycles. The molecular formula is C18H29N5O. The van der Waals surface area contributed by atoms with Crippen LogP contribution in [0.3, 0.4) is 0 Å². The van der Waals surface area contributed by atoms with Gasteiger partial charge in [-0.2, -0.15) is 0 Å². The van der Waals surface area contributed by atoms with Gasteiger partial charge in [-0.3, -0.25) is 4.90 Å². The standard InChI is InChI=1S/C18H29N5O/c1-24-11-17-21-15(13-8-14(19)9-13)10-16(22-17)20-12-18-4-2-6-23(18)7-3-5-18/h10,13-14H,2-9,11-12,19H2,1H3,(H,20,21,22). The zero-order valence-electron chi connectivity index (χ0n) is 14.6. The van der Waals surface area contributed by atoms with Gasteiger partial charge in [0.25, 0.3) is 0 Å². The Bertz CT molecular complexity index is 577. The minimum Gasteiger partial charge on any atom is -0.377 e. The number of nitrogens with one attached hydrogen (secondary N) is 1. The molecule has 2 aliphatic heterocycles. The van der Waals surface area contributed by atoms with Crippen LogP contribution in [0.25, 0.3) is 0 Å². The molecule has 0 bridgehead atoms. The molecule has 0 aromatic carbocycles. The number of hydrogen-bond acceptors (Lipinski definition) is 6. The molecule has 6 nitrogen and oxygen atoms in total. The molecule has 3 heterocycles. The third-order valence-electron chi connectivity index (χ3n) is 6.07. The van der Waals surface area contributed by atoms with E-state index in [1.807, 2.05) is 0 Å². The Balaban J connectivity index is 1.49. The topological polar surface area (TPSA) is 76.3 Å². The lowest BCUT2D eigenvalue weighted by Crippen LogP contribution is -2.44. The summed E-state index contributed by atoms with van der Waals surface area (Å²) >= 11 is 0. The summed E-state index contributed by atoms with van der Waals surface area (Å²) in [5, 5.41) is 3.62. The lowest BCUT2D eigenvalue weighted by Gasteiger charge is -2.33. The normalized spacial score (nSPS) is 28.6. The number of rotatable bonds is 6. The number of hydrogen-bond donors (Lipinski definition) is 2. The fourth-order valence-corrected chi connectivity index (χ4v) is 4.68. The second-order valence-electron chi connectivity index (χ2n) is 7.73. The van der Waals surface area contributed by atoms with Crippen LogP contribution in [0.2, 0.25) is 0 Å². The van der Waals surface area contributed by atoms with Crippen LogP contribution in [0.4, 0.5) is 5.82 Å². The zero-order chi connectivity index (χ0) is 16.6. The van der Waals surface area contributed by atoms with Crippen LogP contribution in [0.15, 0.2) is 6.07 Å². The van der Waals surface area contributed by atoms with Gasteiger partial charge in [0.05, 0.1) is 0 Å². The smallest absolute Gasteiger partial charge is 0.156 e. The van der Waals surface area contributed by atoms with E-state index in [1.165, 1.54) is 38.8 Å². The molecule has 6 heteroatoms. The molecule has 2 saturated heterocycles. The van der Waals surface area contributed by atoms with E-state index < -0.39 is 0 Å². The van der Waals surface area contributed by atoms with Gasteiger partial charge in [0.2, 0.25) is 0 Å². The molecule has 1 aromatic rings. The van der Waals surface area contributed by atoms with E-state index in [0.29, 0.717) is 24.1 Å². The number of ether oxygens (including phenoxy) is 1. The van der Waals surface area contributed by atoms with E-state index in [2.05, 4.69) is 26.3 Å². The third kappa shape index (κ3) is 3.03. The molecule has 3 aliphatic rings. The zero-order valence-corrected chi connectivity index (χ0v) is 14.6. The van der Waals surface area contributed by atoms with E-state index in [0.717, 1.165) is 36.7 Å². The number of nitrogens with two attached hydrogens (primary N) is 1. The van der Waals surface area contributed by atoms with Gasteiger partial charge in [0.1, 0.15) is 12.4 Å². The fraction of sp³-hybridized carbons (Fsp3) is 0.778. The van der Waals surface area contributed by atoms with Crippen molar-refractivity contribution in [3.05, 3.63) is 17.6 Å². The molecule has 0 amide bonds. The van der Waals surface area contributed by atoms with Crippen molar-refractivity contribution in [2.75, 3.05) is 32.1 Å². The lowest BCUT2D eigenvalue weighted by atomic mass is 9.78. The van der Waals surface area contributed by atoms with Crippen LogP contribution >= 0.6 is 0 Å². The predicted molar refractivity (Wildman–Crippen MR) is 94.0 cm³/mol. The van der Waals surface area contributed by atoms with Gasteiger partial charge >= 0.3 is 0 Å². The largest absolute Gasteiger partial charge is 0.377 e. The van der Waals surface area contributed by atoms with E-state index in [9.17, 15) is 0 Å². The SMILES string of the molecule is COCc1nc(NCC23CCCN2CCC3)cc(C2CC(N)C2)n1. The van der Waals surface area contributed by atoms with Crippen molar-refractivity contribution in [2.45, 2.75) is 62.6 Å². The van der Waals surface area contributed by atoms with Crippen LogP contribution in [0.1, 0.15) is 56.0 Å². The lowest BCUT2D eigenvalue weighted by molar-refractivity contribution is 0.177. The second-order valence-corrected chi connectivity index (χ2v) is 7.73. The van der Waals surface area contributed by atoms with Gasteiger partial charge in [-0.25, -0.2) is 9.97 Å². The number of methoxy groups -OCH3 is 1. The summed E-state index contributed by atoms with van der Waals surface area (Å²) in [5.74, 6) is 2.19. The molecule has 3 N–H and O–H groups in total. The van der Waals surface area contributed by atoms with Gasteiger partial charge < -0.3 is 15.8 Å². The summed E-state index contributed by atoms with van der Waals surface area (Å²) in [7, 11) is 1.69. The highest BCUT2D eigenvalue weighted by Crippen LogP contribution is 2.39. The fourth-order valence-electron chi connectivity index (χ4n) is 4.68. The van der Waals surface area contributed by atoms with Crippen molar-refractivity contribution in [3.8, 4) is 0 Å². The van der Waals surface area contributed by atoms with Crippen molar-refractivity contribution in [2.24, 2.45) is 5.73 Å². The second kappa shape index (κ2) is 6.58. The number of fused-ring (bicyclic) bond motifs is 1. The number of anilines is 1. The minimum atomic E-state index is 0.330. The molecule has 132 valence electrons. The Morgan fingerprint density at radius 2 is 2.04 bits per heavy atom. The summed E-state index contributed by atoms with van der Waals surface area (Å²) in [6, 6.07) is 2.46. The molecule has 3 fully saturated rings. The molecular weight excluding hydrogens is 302 g/mol. The maximum atomic E-state index is 5.95. The Morgan fingerprint density at radius 1 is 1.29 bits per heavy atom. The molecule has 0 atom stereocenters. The maximum Gasteiger partial charge on any atom is 0.156 e. The van der Waals surface area contributed by atoms with Gasteiger partial charge in [-0.05, 0) is 51.6 Å². The molecule has 24 heavy (non-hydrogen) atoms. The summed E-state index contributed by atoms with van der Waals surface area (Å²) in [5.41, 5.74) is 7.42. The minimum absolute atomic E-state index is 0.330. The van der Waals surface area contributed by atoms with Crippen LogP contribution in [-0.2, 0) is 11.3 Å². The van der Waals surface area contributed by atoms with E-state index in [1.54, 1.807) is 7.11 Å². The highest BCUT2D eigenvalue weighted by atomic mass is 16.5. The maximum absolute atomic E-state index is 5.95. The van der Waals surface area contributed by atoms with E-state index in [-0.39, 0.29) is 0 Å². The quantitative estimate of drug-likeness (QED) is 0.829. The summed E-state index contributed by atoms with van der Waals surface area (Å²) in [6.07, 6.45) is 7.32. The monoisotopic (exact) mass is 331 g/mol. The van der Waals surface area contributed by atoms with Gasteiger partial charge in [-0.1, -0.05) is 0 Å². The Kier molecular flexibility index (Phi) is 4.45. The van der Waals surface area contributed by atoms with Crippen molar-refractivity contribution in [1.29, 1.82) is 0 Å². The first-order valence-corrected chi connectivity index (χ1v) is 9.30. The van der Waals surface area contributed by atoms with E-state index in [4.69, 9.17) is 10.5 Å². The summed E-state index contributed by atoms with van der Waals surface area (Å²) in [4.78, 5) is 12.0. The van der Waals surface area contributed by atoms with Crippen molar-refractivity contribution in [1.82, 2.24) is 14.9 Å². The molecule has 0 radical (unpaired) electrons. The van der Waals surface area contributed by atoms with Crippen LogP contribution in [0, 0.1) is 0 Å². The molecule has 0 spiro atoms. The Labute approximate surface area is 144 Å². The average Bonchev–Trinajstić information content (AvgIpc) is 3.10. The first-order chi connectivity index (χ1) is 11.7. The van der Waals surface area contributed by atoms with Crippen LogP contribution in [-0.4, -0.2) is 53.2 Å². The highest BCUT2D eigenvalue weighted by molar-refractivity contribution is 5.38. The Hall–Kier alpha value is -1.24. The summed E-state index contributed by atoms with van der Waals surface area (Å²) in [6.45, 7) is 3.95. The predicted octanol–water partition coefficient (Wildman–Crippen LogP) is 1.87. The number of nitrogens with zero attached hydrogens (tertiary/aromatic N) is 3.